The maximum absolute atomic E-state index is 6.26. The van der Waals surface area contributed by atoms with Gasteiger partial charge in [0.2, 0.25) is 0 Å². The molecule has 0 amide bonds. The van der Waals surface area contributed by atoms with Crippen LogP contribution in [0, 0.1) is 0 Å². The van der Waals surface area contributed by atoms with E-state index in [4.69, 9.17) is 21.1 Å². The van der Waals surface area contributed by atoms with Gasteiger partial charge in [0.1, 0.15) is 12.4 Å². The third-order valence-corrected chi connectivity index (χ3v) is 6.27. The van der Waals surface area contributed by atoms with Gasteiger partial charge < -0.3 is 19.7 Å². The molecule has 1 N–H and O–H groups in total. The summed E-state index contributed by atoms with van der Waals surface area (Å²) in [6.07, 6.45) is 0. The minimum Gasteiger partial charge on any atom is -0.489 e. The first-order valence-corrected chi connectivity index (χ1v) is 11.7. The fraction of sp³-hybridized carbons (Fsp3) is 0.214. The molecule has 168 valence electrons. The molecule has 0 aliphatic carbocycles. The van der Waals surface area contributed by atoms with Gasteiger partial charge in [-0.15, -0.1) is 0 Å². The van der Waals surface area contributed by atoms with E-state index in [1.54, 1.807) is 0 Å². The van der Waals surface area contributed by atoms with Crippen molar-refractivity contribution in [3.8, 4) is 5.75 Å². The Morgan fingerprint density at radius 1 is 0.848 bits per heavy atom. The zero-order valence-electron chi connectivity index (χ0n) is 18.5. The largest absolute Gasteiger partial charge is 0.489 e. The van der Waals surface area contributed by atoms with Gasteiger partial charge in [-0.25, -0.2) is 0 Å². The molecule has 5 heteroatoms. The molecule has 4 aromatic carbocycles. The third kappa shape index (κ3) is 5.24. The third-order valence-electron chi connectivity index (χ3n) is 6.02. The van der Waals surface area contributed by atoms with Crippen LogP contribution >= 0.6 is 11.6 Å². The Balaban J connectivity index is 1.33. The van der Waals surface area contributed by atoms with Crippen molar-refractivity contribution in [2.24, 2.45) is 0 Å². The molecule has 0 saturated carbocycles. The minimum atomic E-state index is 0.497. The molecule has 0 spiro atoms. The zero-order valence-corrected chi connectivity index (χ0v) is 19.2. The molecule has 0 aromatic heterocycles. The van der Waals surface area contributed by atoms with Gasteiger partial charge in [0.25, 0.3) is 0 Å². The van der Waals surface area contributed by atoms with E-state index in [2.05, 4.69) is 70.9 Å². The Kier molecular flexibility index (Phi) is 6.66. The molecule has 1 heterocycles. The number of hydrogen-bond acceptors (Lipinski definition) is 4. The van der Waals surface area contributed by atoms with Crippen molar-refractivity contribution in [1.29, 1.82) is 0 Å². The van der Waals surface area contributed by atoms with Crippen LogP contribution in [0.5, 0.6) is 5.75 Å². The van der Waals surface area contributed by atoms with Crippen LogP contribution in [0.25, 0.3) is 10.8 Å². The highest BCUT2D eigenvalue weighted by molar-refractivity contribution is 6.30. The number of hydrogen-bond donors (Lipinski definition) is 1. The Morgan fingerprint density at radius 2 is 1.61 bits per heavy atom. The first-order chi connectivity index (χ1) is 16.3. The highest BCUT2D eigenvalue weighted by atomic mass is 35.5. The van der Waals surface area contributed by atoms with Crippen LogP contribution in [-0.2, 0) is 17.9 Å². The summed E-state index contributed by atoms with van der Waals surface area (Å²) in [5, 5.41) is 6.72. The number of ether oxygens (including phenoxy) is 2. The van der Waals surface area contributed by atoms with E-state index in [9.17, 15) is 0 Å². The van der Waals surface area contributed by atoms with Crippen molar-refractivity contribution < 1.29 is 9.47 Å². The van der Waals surface area contributed by atoms with Crippen LogP contribution in [0.3, 0.4) is 0 Å². The molecule has 5 rings (SSSR count). The van der Waals surface area contributed by atoms with Gasteiger partial charge in [-0.1, -0.05) is 54.1 Å². The van der Waals surface area contributed by atoms with Crippen molar-refractivity contribution in [2.45, 2.75) is 13.2 Å². The van der Waals surface area contributed by atoms with E-state index in [1.165, 1.54) is 16.5 Å². The maximum atomic E-state index is 6.26. The number of halogens is 1. The second-order valence-electron chi connectivity index (χ2n) is 8.18. The van der Waals surface area contributed by atoms with Gasteiger partial charge in [0, 0.05) is 41.6 Å². The lowest BCUT2D eigenvalue weighted by atomic mass is 10.0. The van der Waals surface area contributed by atoms with Gasteiger partial charge in [-0.2, -0.15) is 0 Å². The van der Waals surface area contributed by atoms with E-state index >= 15 is 0 Å². The first-order valence-electron chi connectivity index (χ1n) is 11.3. The normalized spacial score (nSPS) is 13.8. The second kappa shape index (κ2) is 10.2. The standard InChI is InChI=1S/C28H27ClN2O2/c29-23-8-5-21(6-9-23)20-33-28-14-7-22-3-1-2-4-26(22)27(28)19-30-24-10-12-25(13-11-24)31-15-17-32-18-16-31/h1-14,30H,15-20H2. The molecule has 1 saturated heterocycles. The second-order valence-corrected chi connectivity index (χ2v) is 8.61. The molecular weight excluding hydrogens is 432 g/mol. The van der Waals surface area contributed by atoms with E-state index in [0.717, 1.165) is 53.9 Å². The average molecular weight is 459 g/mol. The van der Waals surface area contributed by atoms with Crippen LogP contribution in [0.1, 0.15) is 11.1 Å². The number of anilines is 2. The number of fused-ring (bicyclic) bond motifs is 1. The Bertz CT molecular complexity index is 1200. The number of nitrogens with one attached hydrogen (secondary N) is 1. The lowest BCUT2D eigenvalue weighted by Crippen LogP contribution is -2.36. The van der Waals surface area contributed by atoms with Crippen molar-refractivity contribution in [3.63, 3.8) is 0 Å². The average Bonchev–Trinajstić information content (AvgIpc) is 2.88. The zero-order chi connectivity index (χ0) is 22.5. The summed E-state index contributed by atoms with van der Waals surface area (Å²) >= 11 is 6.02. The van der Waals surface area contributed by atoms with Crippen LogP contribution in [0.2, 0.25) is 5.02 Å². The van der Waals surface area contributed by atoms with E-state index in [1.807, 2.05) is 24.3 Å². The Hall–Kier alpha value is -3.21. The van der Waals surface area contributed by atoms with Gasteiger partial charge in [-0.3, -0.25) is 0 Å². The lowest BCUT2D eigenvalue weighted by molar-refractivity contribution is 0.122. The number of morpholine rings is 1. The van der Waals surface area contributed by atoms with Gasteiger partial charge in [-0.05, 0) is 58.8 Å². The van der Waals surface area contributed by atoms with Crippen LogP contribution in [-0.4, -0.2) is 26.3 Å². The van der Waals surface area contributed by atoms with Crippen molar-refractivity contribution in [3.05, 3.63) is 101 Å². The van der Waals surface area contributed by atoms with Crippen LogP contribution in [0.4, 0.5) is 11.4 Å². The van der Waals surface area contributed by atoms with Gasteiger partial charge >= 0.3 is 0 Å². The molecule has 0 radical (unpaired) electrons. The fourth-order valence-electron chi connectivity index (χ4n) is 4.18. The smallest absolute Gasteiger partial charge is 0.125 e. The topological polar surface area (TPSA) is 33.7 Å². The summed E-state index contributed by atoms with van der Waals surface area (Å²) in [6, 6.07) is 29.0. The molecule has 0 unspecified atom stereocenters. The predicted molar refractivity (Wildman–Crippen MR) is 137 cm³/mol. The summed E-state index contributed by atoms with van der Waals surface area (Å²) < 4.78 is 11.7. The monoisotopic (exact) mass is 458 g/mol. The highest BCUT2D eigenvalue weighted by Gasteiger charge is 2.12. The van der Waals surface area contributed by atoms with Crippen LogP contribution in [0.15, 0.2) is 84.9 Å². The van der Waals surface area contributed by atoms with E-state index in [-0.39, 0.29) is 0 Å². The quantitative estimate of drug-likeness (QED) is 0.341. The maximum Gasteiger partial charge on any atom is 0.125 e. The first kappa shape index (κ1) is 21.6. The molecular formula is C28H27ClN2O2. The molecule has 0 bridgehead atoms. The van der Waals surface area contributed by atoms with Crippen molar-refractivity contribution in [1.82, 2.24) is 0 Å². The fourth-order valence-corrected chi connectivity index (χ4v) is 4.30. The SMILES string of the molecule is Clc1ccc(COc2ccc3ccccc3c2CNc2ccc(N3CCOCC3)cc2)cc1. The summed E-state index contributed by atoms with van der Waals surface area (Å²) in [4.78, 5) is 2.36. The Labute approximate surface area is 199 Å². The minimum absolute atomic E-state index is 0.497. The lowest BCUT2D eigenvalue weighted by Gasteiger charge is -2.29. The summed E-state index contributed by atoms with van der Waals surface area (Å²) in [6.45, 7) is 4.64. The number of benzene rings is 4. The summed E-state index contributed by atoms with van der Waals surface area (Å²) in [5.74, 6) is 0.890. The summed E-state index contributed by atoms with van der Waals surface area (Å²) in [5.41, 5.74) is 4.56. The Morgan fingerprint density at radius 3 is 2.39 bits per heavy atom. The molecule has 0 atom stereocenters. The molecule has 33 heavy (non-hydrogen) atoms. The molecule has 1 aliphatic rings. The highest BCUT2D eigenvalue weighted by Crippen LogP contribution is 2.30. The number of nitrogens with zero attached hydrogens (tertiary/aromatic N) is 1. The predicted octanol–water partition coefficient (Wildman–Crippen LogP) is 6.52. The van der Waals surface area contributed by atoms with Crippen molar-refractivity contribution in [2.75, 3.05) is 36.5 Å². The van der Waals surface area contributed by atoms with Crippen molar-refractivity contribution >= 4 is 33.7 Å². The van der Waals surface area contributed by atoms with E-state index < -0.39 is 0 Å². The van der Waals surface area contributed by atoms with Gasteiger partial charge in [0.05, 0.1) is 13.2 Å². The summed E-state index contributed by atoms with van der Waals surface area (Å²) in [7, 11) is 0. The molecule has 4 aromatic rings. The van der Waals surface area contributed by atoms with Gasteiger partial charge in [0.15, 0.2) is 0 Å². The molecule has 1 fully saturated rings. The van der Waals surface area contributed by atoms with E-state index in [0.29, 0.717) is 13.2 Å². The number of rotatable bonds is 7. The molecule has 4 nitrogen and oxygen atoms in total. The molecule has 1 aliphatic heterocycles. The van der Waals surface area contributed by atoms with Crippen LogP contribution < -0.4 is 15.0 Å².